The van der Waals surface area contributed by atoms with Gasteiger partial charge in [-0.25, -0.2) is 4.79 Å². The molecule has 2 heterocycles. The van der Waals surface area contributed by atoms with Crippen molar-refractivity contribution < 1.29 is 23.7 Å². The highest BCUT2D eigenvalue weighted by Gasteiger charge is 2.21. The smallest absolute Gasteiger partial charge is 0.360 e. The van der Waals surface area contributed by atoms with E-state index in [1.54, 1.807) is 12.1 Å². The molecule has 0 bridgehead atoms. The van der Waals surface area contributed by atoms with E-state index in [-0.39, 0.29) is 29.6 Å². The number of nitrogens with two attached hydrogens (primary N) is 1. The second-order valence-electron chi connectivity index (χ2n) is 11.1. The van der Waals surface area contributed by atoms with Crippen molar-refractivity contribution in [3.8, 4) is 6.07 Å². The highest BCUT2D eigenvalue weighted by Crippen LogP contribution is 2.25. The molecule has 0 fully saturated rings. The number of hydrogen-bond donors (Lipinski definition) is 3. The molecule has 2 aromatic carbocycles. The first-order valence-corrected chi connectivity index (χ1v) is 12.8. The van der Waals surface area contributed by atoms with E-state index in [2.05, 4.69) is 32.0 Å². The molecule has 45 heavy (non-hydrogen) atoms. The van der Waals surface area contributed by atoms with Crippen molar-refractivity contribution in [2.75, 3.05) is 16.4 Å². The fourth-order valence-electron chi connectivity index (χ4n) is 2.96. The molecule has 240 valence electrons. The van der Waals surface area contributed by atoms with Crippen LogP contribution in [0.2, 0.25) is 0 Å². The van der Waals surface area contributed by atoms with Crippen LogP contribution in [0.1, 0.15) is 66.2 Å². The van der Waals surface area contributed by atoms with Crippen LogP contribution in [0, 0.1) is 31.5 Å². The summed E-state index contributed by atoms with van der Waals surface area (Å²) >= 11 is 0. The van der Waals surface area contributed by atoms with E-state index >= 15 is 0 Å². The number of nitrogen functional groups attached to an aromatic ring is 1. The number of rotatable bonds is 4. The Morgan fingerprint density at radius 3 is 1.71 bits per heavy atom. The zero-order valence-electron chi connectivity index (χ0n) is 24.9. The van der Waals surface area contributed by atoms with Gasteiger partial charge in [-0.3, -0.25) is 25.5 Å². The Bertz CT molecular complexity index is 1620. The minimum atomic E-state index is -0.511. The second kappa shape index (κ2) is 16.0. The molecule has 0 aliphatic heterocycles. The zero-order valence-corrected chi connectivity index (χ0v) is 24.9. The van der Waals surface area contributed by atoms with Gasteiger partial charge in [0.25, 0.3) is 11.4 Å². The van der Waals surface area contributed by atoms with E-state index in [0.717, 1.165) is 0 Å². The largest absolute Gasteiger partial charge is 0.498 e. The highest BCUT2D eigenvalue weighted by molar-refractivity contribution is 5.99. The molecule has 0 aliphatic carbocycles. The molecule has 4 aromatic rings. The Labute approximate surface area is 259 Å². The number of aromatic nitrogens is 2. The third-order valence-corrected chi connectivity index (χ3v) is 5.34. The highest BCUT2D eigenvalue weighted by atomic mass is 16.6. The molecule has 0 aliphatic rings. The van der Waals surface area contributed by atoms with E-state index in [0.29, 0.717) is 34.4 Å². The molecule has 2 amide bonds. The van der Waals surface area contributed by atoms with Crippen molar-refractivity contribution in [3.05, 3.63) is 108 Å². The Balaban J connectivity index is 0.000000371. The minimum Gasteiger partial charge on any atom is -0.498 e. The molecular formula is C29H36N8O8. The normalized spacial score (nSPS) is 10.3. The van der Waals surface area contributed by atoms with Crippen molar-refractivity contribution in [2.24, 2.45) is 0 Å². The average Bonchev–Trinajstić information content (AvgIpc) is 3.60. The lowest BCUT2D eigenvalue weighted by Crippen LogP contribution is -2.19. The summed E-state index contributed by atoms with van der Waals surface area (Å²) in [7, 11) is 0. The van der Waals surface area contributed by atoms with E-state index in [9.17, 15) is 30.2 Å². The average molecular weight is 625 g/mol. The summed E-state index contributed by atoms with van der Waals surface area (Å²) in [5, 5.41) is 45.3. The van der Waals surface area contributed by atoms with E-state index in [4.69, 9.17) is 14.8 Å². The number of hydrogen-bond acceptors (Lipinski definition) is 11. The molecule has 0 atom stereocenters. The lowest BCUT2D eigenvalue weighted by molar-refractivity contribution is -0.385. The van der Waals surface area contributed by atoms with Gasteiger partial charge < -0.3 is 25.3 Å². The maximum Gasteiger partial charge on any atom is 0.360 e. The summed E-state index contributed by atoms with van der Waals surface area (Å²) in [6.45, 7) is 11.9. The minimum absolute atomic E-state index is 0. The van der Waals surface area contributed by atoms with Gasteiger partial charge in [0.15, 0.2) is 5.82 Å². The number of nitrogens with one attached hydrogen (secondary N) is 2. The maximum atomic E-state index is 11.8. The van der Waals surface area contributed by atoms with E-state index in [1.165, 1.54) is 48.5 Å². The van der Waals surface area contributed by atoms with Crippen molar-refractivity contribution >= 4 is 34.6 Å². The van der Waals surface area contributed by atoms with Crippen molar-refractivity contribution in [1.29, 1.82) is 0 Å². The Morgan fingerprint density at radius 1 is 0.822 bits per heavy atom. The molecule has 0 unspecified atom stereocenters. The topological polar surface area (TPSA) is 233 Å². The van der Waals surface area contributed by atoms with Crippen LogP contribution in [-0.2, 0) is 10.8 Å². The summed E-state index contributed by atoms with van der Waals surface area (Å²) in [5.41, 5.74) is 6.32. The van der Waals surface area contributed by atoms with Gasteiger partial charge in [-0.15, -0.1) is 0 Å². The maximum absolute atomic E-state index is 11.8. The molecule has 4 rings (SSSR count). The molecule has 0 saturated heterocycles. The lowest BCUT2D eigenvalue weighted by atomic mass is 9.93. The predicted molar refractivity (Wildman–Crippen MR) is 170 cm³/mol. The van der Waals surface area contributed by atoms with E-state index in [1.807, 2.05) is 41.5 Å². The number of amides is 2. The monoisotopic (exact) mass is 624 g/mol. The van der Waals surface area contributed by atoms with Crippen LogP contribution in [0.15, 0.2) is 69.7 Å². The van der Waals surface area contributed by atoms with Gasteiger partial charge in [0.05, 0.1) is 9.85 Å². The fourth-order valence-corrected chi connectivity index (χ4v) is 2.96. The van der Waals surface area contributed by atoms with E-state index < -0.39 is 15.9 Å². The van der Waals surface area contributed by atoms with Crippen LogP contribution >= 0.6 is 0 Å². The van der Waals surface area contributed by atoms with Gasteiger partial charge in [0, 0.05) is 63.6 Å². The van der Waals surface area contributed by atoms with Crippen LogP contribution in [0.3, 0.4) is 0 Å². The zero-order chi connectivity index (χ0) is 33.1. The van der Waals surface area contributed by atoms with Crippen LogP contribution in [0.5, 0.6) is 0 Å². The number of urea groups is 1. The standard InChI is InChI=1S/C14H16N4O4.C8H10N2O2.C6H6N2O2.CH4/c1-14(2,3)11-8-12(17-22-11)16-13(19)15-9-4-6-10(7-5-9)18(20)21;1-8(2,3)7-4-6(5-9-11)10-12-7;7-5-1-3-6(4-2-5)8(9)10;/h4-8H,1-3H3,(H2,15,16,17,19);4H,1-3H3;1-4H,7H2;1H4. The number of carbonyl (C=O) groups excluding carboxylic acids is 1. The van der Waals surface area contributed by atoms with Gasteiger partial charge in [-0.2, -0.15) is 0 Å². The molecule has 0 saturated carbocycles. The van der Waals surface area contributed by atoms with Crippen LogP contribution in [0.4, 0.5) is 33.4 Å². The van der Waals surface area contributed by atoms with Gasteiger partial charge in [0.2, 0.25) is 5.69 Å². The lowest BCUT2D eigenvalue weighted by Gasteiger charge is -2.12. The second-order valence-corrected chi connectivity index (χ2v) is 11.1. The number of nitro benzene ring substituents is 2. The first-order chi connectivity index (χ1) is 20.5. The molecule has 4 N–H and O–H groups in total. The number of nitrogens with zero attached hydrogens (tertiary/aromatic N) is 5. The third kappa shape index (κ3) is 12.4. The molecular weight excluding hydrogens is 588 g/mol. The Hall–Kier alpha value is -5.98. The molecule has 16 nitrogen and oxygen atoms in total. The van der Waals surface area contributed by atoms with Gasteiger partial charge in [0.1, 0.15) is 11.5 Å². The van der Waals surface area contributed by atoms with Crippen LogP contribution < -0.4 is 16.4 Å². The quantitative estimate of drug-likeness (QED) is 0.114. The molecule has 2 aromatic heterocycles. The predicted octanol–water partition coefficient (Wildman–Crippen LogP) is 7.49. The van der Waals surface area contributed by atoms with Gasteiger partial charge >= 0.3 is 12.1 Å². The summed E-state index contributed by atoms with van der Waals surface area (Å²) in [6.07, 6.45) is 0. The summed E-state index contributed by atoms with van der Waals surface area (Å²) < 4.78 is 10.1. The summed E-state index contributed by atoms with van der Waals surface area (Å²) in [4.78, 5) is 31.5. The fraction of sp³-hybridized carbons (Fsp3) is 0.310. The van der Waals surface area contributed by atoms with Crippen molar-refractivity contribution in [2.45, 2.75) is 59.8 Å². The van der Waals surface area contributed by atoms with Crippen LogP contribution in [0.25, 0.3) is 5.01 Å². The number of carbonyl (C=O) groups is 1. The number of non-ortho nitro benzene ring substituents is 2. The van der Waals surface area contributed by atoms with Crippen molar-refractivity contribution in [3.63, 3.8) is 0 Å². The molecule has 0 spiro atoms. The first kappa shape index (κ1) is 37.0. The SMILES string of the molecule is C.CC(C)(C)c1cc(C#[N+][O-])no1.CC(C)(C)c1cc(NC(=O)Nc2ccc([N+](=O)[O-])cc2)no1.Nc1ccc([N+](=O)[O-])cc1. The Kier molecular flexibility index (Phi) is 13.2. The van der Waals surface area contributed by atoms with Crippen LogP contribution in [-0.4, -0.2) is 26.2 Å². The molecule has 0 radical (unpaired) electrons. The van der Waals surface area contributed by atoms with Gasteiger partial charge in [-0.1, -0.05) is 59.3 Å². The first-order valence-electron chi connectivity index (χ1n) is 12.8. The number of anilines is 3. The molecule has 16 heteroatoms. The van der Waals surface area contributed by atoms with Crippen molar-refractivity contribution in [1.82, 2.24) is 10.3 Å². The number of nitro groups is 2. The summed E-state index contributed by atoms with van der Waals surface area (Å²) in [6, 6.07) is 16.2. The Morgan fingerprint density at radius 2 is 1.29 bits per heavy atom. The third-order valence-electron chi connectivity index (χ3n) is 5.34. The summed E-state index contributed by atoms with van der Waals surface area (Å²) in [5.74, 6) is 1.66. The number of benzene rings is 2. The van der Waals surface area contributed by atoms with Gasteiger partial charge in [-0.05, 0) is 24.3 Å².